The van der Waals surface area contributed by atoms with Gasteiger partial charge in [0.05, 0.1) is 0 Å². The molecule has 0 spiro atoms. The number of nitrogens with one attached hydrogen (secondary N) is 1. The average molecular weight is 185 g/mol. The molecule has 0 aliphatic rings. The largest absolute Gasteiger partial charge is 0.350 e. The molecule has 2 amide bonds. The van der Waals surface area contributed by atoms with Gasteiger partial charge in [-0.3, -0.25) is 0 Å². The van der Waals surface area contributed by atoms with Crippen LogP contribution in [0.1, 0.15) is 34.1 Å². The fraction of sp³-hybridized carbons (Fsp3) is 0.778. The van der Waals surface area contributed by atoms with Crippen LogP contribution >= 0.6 is 0 Å². The van der Waals surface area contributed by atoms with E-state index >= 15 is 0 Å². The van der Waals surface area contributed by atoms with E-state index in [9.17, 15) is 4.79 Å². The number of urea groups is 1. The van der Waals surface area contributed by atoms with Crippen molar-refractivity contribution in [2.75, 3.05) is 0 Å². The maximum absolute atomic E-state index is 10.4. The van der Waals surface area contributed by atoms with Crippen molar-refractivity contribution < 1.29 is 4.79 Å². The van der Waals surface area contributed by atoms with Gasteiger partial charge in [0.2, 0.25) is 0 Å². The zero-order valence-electron chi connectivity index (χ0n) is 8.79. The Kier molecular flexibility index (Phi) is 5.11. The first-order valence-corrected chi connectivity index (χ1v) is 4.55. The van der Waals surface area contributed by atoms with Gasteiger partial charge in [0.25, 0.3) is 0 Å². The van der Waals surface area contributed by atoms with Crippen molar-refractivity contribution >= 4 is 11.7 Å². The summed E-state index contributed by atoms with van der Waals surface area (Å²) in [5, 5.41) is 3.96. The summed E-state index contributed by atoms with van der Waals surface area (Å²) in [6, 6.07) is -0.609. The van der Waals surface area contributed by atoms with Crippen molar-refractivity contribution in [1.82, 2.24) is 5.43 Å². The van der Waals surface area contributed by atoms with E-state index in [4.69, 9.17) is 5.73 Å². The van der Waals surface area contributed by atoms with Gasteiger partial charge in [-0.05, 0) is 18.3 Å². The van der Waals surface area contributed by atoms with Crippen LogP contribution in [0, 0.1) is 11.8 Å². The minimum absolute atomic E-state index is 0.342. The smallest absolute Gasteiger partial charge is 0.332 e. The van der Waals surface area contributed by atoms with Crippen molar-refractivity contribution in [3.05, 3.63) is 0 Å². The summed E-state index contributed by atoms with van der Waals surface area (Å²) in [7, 11) is 0. The van der Waals surface area contributed by atoms with Crippen molar-refractivity contribution in [2.24, 2.45) is 22.7 Å². The third-order valence-corrected chi connectivity index (χ3v) is 1.59. The molecule has 0 bridgehead atoms. The number of hydrogen-bond acceptors (Lipinski definition) is 2. The molecular formula is C9H19N3O. The normalized spacial score (nSPS) is 12.3. The molecular weight excluding hydrogens is 166 g/mol. The Morgan fingerprint density at radius 2 is 1.92 bits per heavy atom. The quantitative estimate of drug-likeness (QED) is 0.508. The van der Waals surface area contributed by atoms with E-state index in [1.54, 1.807) is 0 Å². The number of nitrogens with two attached hydrogens (primary N) is 1. The van der Waals surface area contributed by atoms with Crippen molar-refractivity contribution in [1.29, 1.82) is 0 Å². The zero-order chi connectivity index (χ0) is 10.4. The zero-order valence-corrected chi connectivity index (χ0v) is 8.79. The van der Waals surface area contributed by atoms with Gasteiger partial charge in [-0.2, -0.15) is 5.10 Å². The standard InChI is InChI=1S/C9H19N3O/c1-6(2)5-8(7(3)4)11-12-9(10)13/h6-7H,5H2,1-4H3,(H3,10,12,13)/b11-8+. The molecule has 0 rings (SSSR count). The van der Waals surface area contributed by atoms with Gasteiger partial charge < -0.3 is 5.73 Å². The fourth-order valence-electron chi connectivity index (χ4n) is 0.956. The number of hydrogen-bond donors (Lipinski definition) is 2. The number of rotatable bonds is 4. The van der Waals surface area contributed by atoms with E-state index in [0.717, 1.165) is 12.1 Å². The van der Waals surface area contributed by atoms with Gasteiger partial charge in [-0.25, -0.2) is 10.2 Å². The third kappa shape index (κ3) is 6.13. The van der Waals surface area contributed by atoms with Crippen molar-refractivity contribution in [2.45, 2.75) is 34.1 Å². The highest BCUT2D eigenvalue weighted by atomic mass is 16.2. The number of nitrogens with zero attached hydrogens (tertiary/aromatic N) is 1. The molecule has 3 N–H and O–H groups in total. The Hall–Kier alpha value is -1.06. The lowest BCUT2D eigenvalue weighted by Gasteiger charge is -2.11. The van der Waals surface area contributed by atoms with E-state index < -0.39 is 6.03 Å². The van der Waals surface area contributed by atoms with Gasteiger partial charge in [0.1, 0.15) is 0 Å². The molecule has 0 aliphatic heterocycles. The Morgan fingerprint density at radius 3 is 2.23 bits per heavy atom. The minimum Gasteiger partial charge on any atom is -0.350 e. The Morgan fingerprint density at radius 1 is 1.38 bits per heavy atom. The Bertz CT molecular complexity index is 197. The van der Waals surface area contributed by atoms with Crippen LogP contribution in [-0.4, -0.2) is 11.7 Å². The second-order valence-corrected chi connectivity index (χ2v) is 3.83. The summed E-state index contributed by atoms with van der Waals surface area (Å²) >= 11 is 0. The van der Waals surface area contributed by atoms with Crippen LogP contribution in [0.3, 0.4) is 0 Å². The van der Waals surface area contributed by atoms with Gasteiger partial charge >= 0.3 is 6.03 Å². The molecule has 13 heavy (non-hydrogen) atoms. The summed E-state index contributed by atoms with van der Waals surface area (Å²) in [5.74, 6) is 0.880. The second-order valence-electron chi connectivity index (χ2n) is 3.83. The molecule has 0 saturated heterocycles. The molecule has 0 aromatic rings. The molecule has 0 fully saturated rings. The maximum atomic E-state index is 10.4. The Balaban J connectivity index is 4.23. The van der Waals surface area contributed by atoms with Crippen LogP contribution in [-0.2, 0) is 0 Å². The summed E-state index contributed by atoms with van der Waals surface area (Å²) < 4.78 is 0. The number of carbonyl (C=O) groups excluding carboxylic acids is 1. The molecule has 0 atom stereocenters. The summed E-state index contributed by atoms with van der Waals surface area (Å²) in [4.78, 5) is 10.4. The van der Waals surface area contributed by atoms with Crippen LogP contribution in [0.25, 0.3) is 0 Å². The third-order valence-electron chi connectivity index (χ3n) is 1.59. The lowest BCUT2D eigenvalue weighted by atomic mass is 9.98. The molecule has 0 aromatic carbocycles. The molecule has 4 heteroatoms. The Labute approximate surface area is 79.6 Å². The van der Waals surface area contributed by atoms with E-state index in [1.807, 2.05) is 13.8 Å². The summed E-state index contributed by atoms with van der Waals surface area (Å²) in [5.41, 5.74) is 8.15. The highest BCUT2D eigenvalue weighted by Gasteiger charge is 2.07. The topological polar surface area (TPSA) is 67.5 Å². The summed E-state index contributed by atoms with van der Waals surface area (Å²) in [6.45, 7) is 8.32. The van der Waals surface area contributed by atoms with E-state index in [1.165, 1.54) is 0 Å². The van der Waals surface area contributed by atoms with Crippen molar-refractivity contribution in [3.63, 3.8) is 0 Å². The van der Waals surface area contributed by atoms with Gasteiger partial charge in [0, 0.05) is 5.71 Å². The van der Waals surface area contributed by atoms with Crippen LogP contribution in [0.2, 0.25) is 0 Å². The molecule has 0 unspecified atom stereocenters. The van der Waals surface area contributed by atoms with Crippen molar-refractivity contribution in [3.8, 4) is 0 Å². The van der Waals surface area contributed by atoms with Crippen LogP contribution < -0.4 is 11.2 Å². The maximum Gasteiger partial charge on any atom is 0.332 e. The van der Waals surface area contributed by atoms with Gasteiger partial charge in [0.15, 0.2) is 0 Å². The first-order valence-electron chi connectivity index (χ1n) is 4.55. The molecule has 0 aromatic heterocycles. The predicted molar refractivity (Wildman–Crippen MR) is 54.4 cm³/mol. The second kappa shape index (κ2) is 5.56. The fourth-order valence-corrected chi connectivity index (χ4v) is 0.956. The number of hydrazone groups is 1. The lowest BCUT2D eigenvalue weighted by molar-refractivity contribution is 0.249. The van der Waals surface area contributed by atoms with E-state index in [-0.39, 0.29) is 0 Å². The van der Waals surface area contributed by atoms with Gasteiger partial charge in [-0.15, -0.1) is 0 Å². The molecule has 76 valence electrons. The predicted octanol–water partition coefficient (Wildman–Crippen LogP) is 1.71. The monoisotopic (exact) mass is 185 g/mol. The average Bonchev–Trinajstić information content (AvgIpc) is 1.96. The molecule has 0 saturated carbocycles. The first kappa shape index (κ1) is 11.9. The van der Waals surface area contributed by atoms with Gasteiger partial charge in [-0.1, -0.05) is 27.7 Å². The minimum atomic E-state index is -0.609. The molecule has 0 aliphatic carbocycles. The first-order chi connectivity index (χ1) is 5.93. The number of primary amides is 1. The van der Waals surface area contributed by atoms with E-state index in [0.29, 0.717) is 11.8 Å². The molecule has 0 heterocycles. The highest BCUT2D eigenvalue weighted by molar-refractivity contribution is 5.87. The molecule has 4 nitrogen and oxygen atoms in total. The van der Waals surface area contributed by atoms with Crippen LogP contribution in [0.5, 0.6) is 0 Å². The highest BCUT2D eigenvalue weighted by Crippen LogP contribution is 2.08. The van der Waals surface area contributed by atoms with Crippen LogP contribution in [0.4, 0.5) is 4.79 Å². The molecule has 0 radical (unpaired) electrons. The number of amides is 2. The van der Waals surface area contributed by atoms with E-state index in [2.05, 4.69) is 24.4 Å². The lowest BCUT2D eigenvalue weighted by Crippen LogP contribution is -2.27. The number of carbonyl (C=O) groups is 1. The summed E-state index contributed by atoms with van der Waals surface area (Å²) in [6.07, 6.45) is 0.887. The SMILES string of the molecule is CC(C)C/C(=N\NC(N)=O)C(C)C. The van der Waals surface area contributed by atoms with Crippen LogP contribution in [0.15, 0.2) is 5.10 Å².